The number of fused-ring (bicyclic) bond motifs is 1. The van der Waals surface area contributed by atoms with Gasteiger partial charge in [-0.15, -0.1) is 0 Å². The number of carbonyl (C=O) groups excluding carboxylic acids is 1. The van der Waals surface area contributed by atoms with Crippen LogP contribution in [0.4, 0.5) is 16.3 Å². The summed E-state index contributed by atoms with van der Waals surface area (Å²) in [5, 5.41) is 20.6. The molecule has 0 aliphatic carbocycles. The maximum Gasteiger partial charge on any atom is 0.412 e. The average molecular weight is 466 g/mol. The van der Waals surface area contributed by atoms with Crippen molar-refractivity contribution < 1.29 is 19.4 Å². The third kappa shape index (κ3) is 4.64. The second-order valence-corrected chi connectivity index (χ2v) is 8.61. The molecule has 178 valence electrons. The Morgan fingerprint density at radius 1 is 1.21 bits per heavy atom. The summed E-state index contributed by atoms with van der Waals surface area (Å²) in [6.07, 6.45) is 4.35. The van der Waals surface area contributed by atoms with Gasteiger partial charge < -0.3 is 20.3 Å². The number of nitrogens with two attached hydrogens (primary N) is 1. The quantitative estimate of drug-likeness (QED) is 0.394. The molecule has 0 radical (unpaired) electrons. The molecule has 4 aromatic rings. The first-order valence-electron chi connectivity index (χ1n) is 10.6. The number of methoxy groups -OCH3 is 1. The van der Waals surface area contributed by atoms with E-state index in [0.29, 0.717) is 29.3 Å². The minimum atomic E-state index is -0.623. The molecule has 0 bridgehead atoms. The molecule has 0 aliphatic heterocycles. The summed E-state index contributed by atoms with van der Waals surface area (Å²) >= 11 is 0. The van der Waals surface area contributed by atoms with Gasteiger partial charge in [0, 0.05) is 17.3 Å². The third-order valence-electron chi connectivity index (χ3n) is 4.99. The number of hydrogen-bond acceptors (Lipinski definition) is 8. The van der Waals surface area contributed by atoms with E-state index in [1.54, 1.807) is 48.3 Å². The fourth-order valence-corrected chi connectivity index (χ4v) is 3.59. The van der Waals surface area contributed by atoms with Crippen molar-refractivity contribution in [2.45, 2.75) is 32.9 Å². The molecule has 11 heteroatoms. The summed E-state index contributed by atoms with van der Waals surface area (Å²) in [4.78, 5) is 16.4. The Morgan fingerprint density at radius 2 is 2.00 bits per heavy atom. The maximum absolute atomic E-state index is 12.2. The van der Waals surface area contributed by atoms with Gasteiger partial charge in [-0.3, -0.25) is 10.00 Å². The van der Waals surface area contributed by atoms with Crippen LogP contribution in [0.15, 0.2) is 43.0 Å². The van der Waals surface area contributed by atoms with Crippen LogP contribution in [0.25, 0.3) is 27.9 Å². The number of aliphatic hydroxyl groups is 1. The SMILES string of the molecule is COc1cc(-c2cc(-c3cnn(CCO)c3)n3ncnc(N)c23)ccc1NC(=O)OC(C)(C)C. The van der Waals surface area contributed by atoms with Gasteiger partial charge in [0.05, 0.1) is 37.8 Å². The number of nitrogen functional groups attached to an aromatic ring is 1. The fourth-order valence-electron chi connectivity index (χ4n) is 3.59. The first-order valence-corrected chi connectivity index (χ1v) is 10.6. The van der Waals surface area contributed by atoms with Crippen LogP contribution in [0.1, 0.15) is 20.8 Å². The van der Waals surface area contributed by atoms with Gasteiger partial charge in [0.1, 0.15) is 23.2 Å². The second kappa shape index (κ2) is 9.02. The van der Waals surface area contributed by atoms with Crippen molar-refractivity contribution in [1.82, 2.24) is 24.4 Å². The van der Waals surface area contributed by atoms with Crippen LogP contribution in [0, 0.1) is 0 Å². The van der Waals surface area contributed by atoms with Crippen LogP contribution in [-0.4, -0.2) is 54.9 Å². The highest BCUT2D eigenvalue weighted by atomic mass is 16.6. The molecule has 0 atom stereocenters. The predicted octanol–water partition coefficient (Wildman–Crippen LogP) is 3.19. The summed E-state index contributed by atoms with van der Waals surface area (Å²) in [6, 6.07) is 7.32. The first-order chi connectivity index (χ1) is 16.2. The molecular weight excluding hydrogens is 438 g/mol. The molecule has 0 saturated heterocycles. The zero-order valence-corrected chi connectivity index (χ0v) is 19.4. The van der Waals surface area contributed by atoms with Gasteiger partial charge in [-0.05, 0) is 44.5 Å². The van der Waals surface area contributed by atoms with E-state index < -0.39 is 11.7 Å². The molecule has 3 heterocycles. The first kappa shape index (κ1) is 23.1. The highest BCUT2D eigenvalue weighted by molar-refractivity contribution is 5.94. The zero-order valence-electron chi connectivity index (χ0n) is 19.4. The summed E-state index contributed by atoms with van der Waals surface area (Å²) in [7, 11) is 1.52. The Bertz CT molecular complexity index is 1340. The molecule has 34 heavy (non-hydrogen) atoms. The van der Waals surface area contributed by atoms with E-state index in [1.807, 2.05) is 18.3 Å². The van der Waals surface area contributed by atoms with E-state index in [9.17, 15) is 9.90 Å². The maximum atomic E-state index is 12.2. The lowest BCUT2D eigenvalue weighted by molar-refractivity contribution is 0.0635. The number of ether oxygens (including phenoxy) is 2. The van der Waals surface area contributed by atoms with Crippen molar-refractivity contribution in [2.24, 2.45) is 0 Å². The molecule has 0 saturated carbocycles. The number of nitrogens with zero attached hydrogens (tertiary/aromatic N) is 5. The molecule has 0 fully saturated rings. The summed E-state index contributed by atoms with van der Waals surface area (Å²) < 4.78 is 14.2. The Kier molecular flexibility index (Phi) is 6.12. The van der Waals surface area contributed by atoms with Crippen LogP contribution >= 0.6 is 0 Å². The molecule has 0 aliphatic rings. The Hall–Kier alpha value is -4.12. The van der Waals surface area contributed by atoms with Gasteiger partial charge in [-0.1, -0.05) is 6.07 Å². The summed E-state index contributed by atoms with van der Waals surface area (Å²) in [6.45, 7) is 5.75. The van der Waals surface area contributed by atoms with E-state index in [4.69, 9.17) is 15.2 Å². The molecule has 3 aromatic heterocycles. The van der Waals surface area contributed by atoms with E-state index >= 15 is 0 Å². The molecule has 1 aromatic carbocycles. The van der Waals surface area contributed by atoms with Gasteiger partial charge >= 0.3 is 6.09 Å². The number of hydrogen-bond donors (Lipinski definition) is 3. The van der Waals surface area contributed by atoms with Crippen molar-refractivity contribution in [3.05, 3.63) is 43.0 Å². The topological polar surface area (TPSA) is 142 Å². The number of amides is 1. The van der Waals surface area contributed by atoms with Gasteiger partial charge in [0.25, 0.3) is 0 Å². The minimum Gasteiger partial charge on any atom is -0.495 e. The normalized spacial score (nSPS) is 11.6. The standard InChI is InChI=1S/C23H27N7O4/c1-23(2,3)34-22(32)28-17-6-5-14(9-19(17)33-4)16-10-18(15-11-26-29(12-15)7-8-31)30-20(16)21(24)25-13-27-30/h5-6,9-13,31H,7-8H2,1-4H3,(H,28,32)(H2,24,25,27). The van der Waals surface area contributed by atoms with Crippen molar-refractivity contribution in [3.8, 4) is 28.1 Å². The molecule has 4 N–H and O–H groups in total. The summed E-state index contributed by atoms with van der Waals surface area (Å²) in [5.41, 5.74) is 9.85. The molecule has 0 unspecified atom stereocenters. The molecule has 4 rings (SSSR count). The second-order valence-electron chi connectivity index (χ2n) is 8.61. The van der Waals surface area contributed by atoms with Crippen molar-refractivity contribution in [2.75, 3.05) is 24.8 Å². The van der Waals surface area contributed by atoms with Gasteiger partial charge in [0.15, 0.2) is 5.82 Å². The van der Waals surface area contributed by atoms with Gasteiger partial charge in [-0.2, -0.15) is 10.2 Å². The summed E-state index contributed by atoms with van der Waals surface area (Å²) in [5.74, 6) is 0.768. The molecular formula is C23H27N7O4. The third-order valence-corrected chi connectivity index (χ3v) is 4.99. The largest absolute Gasteiger partial charge is 0.495 e. The van der Waals surface area contributed by atoms with Crippen molar-refractivity contribution in [3.63, 3.8) is 0 Å². The number of aliphatic hydroxyl groups excluding tert-OH is 1. The zero-order chi connectivity index (χ0) is 24.5. The average Bonchev–Trinajstić information content (AvgIpc) is 3.38. The van der Waals surface area contributed by atoms with Gasteiger partial charge in [0.2, 0.25) is 0 Å². The van der Waals surface area contributed by atoms with Gasteiger partial charge in [-0.25, -0.2) is 14.3 Å². The number of anilines is 2. The van der Waals surface area contributed by atoms with E-state index in [2.05, 4.69) is 20.5 Å². The Morgan fingerprint density at radius 3 is 2.71 bits per heavy atom. The highest BCUT2D eigenvalue weighted by Gasteiger charge is 2.20. The highest BCUT2D eigenvalue weighted by Crippen LogP contribution is 2.38. The number of nitrogens with one attached hydrogen (secondary N) is 1. The van der Waals surface area contributed by atoms with E-state index in [0.717, 1.165) is 22.4 Å². The van der Waals surface area contributed by atoms with Crippen LogP contribution in [0.5, 0.6) is 5.75 Å². The monoisotopic (exact) mass is 465 g/mol. The van der Waals surface area contributed by atoms with E-state index in [1.165, 1.54) is 13.4 Å². The number of benzene rings is 1. The van der Waals surface area contributed by atoms with E-state index in [-0.39, 0.29) is 6.61 Å². The predicted molar refractivity (Wildman–Crippen MR) is 128 cm³/mol. The molecule has 11 nitrogen and oxygen atoms in total. The lowest BCUT2D eigenvalue weighted by Crippen LogP contribution is -2.27. The molecule has 1 amide bonds. The Labute approximate surface area is 196 Å². The van der Waals surface area contributed by atoms with Crippen LogP contribution in [0.3, 0.4) is 0 Å². The Balaban J connectivity index is 1.77. The lowest BCUT2D eigenvalue weighted by Gasteiger charge is -2.20. The van der Waals surface area contributed by atoms with Crippen molar-refractivity contribution in [1.29, 1.82) is 0 Å². The molecule has 0 spiro atoms. The smallest absolute Gasteiger partial charge is 0.412 e. The van der Waals surface area contributed by atoms with Crippen LogP contribution in [-0.2, 0) is 11.3 Å². The fraction of sp³-hybridized carbons (Fsp3) is 0.304. The lowest BCUT2D eigenvalue weighted by atomic mass is 10.1. The number of rotatable bonds is 6. The van der Waals surface area contributed by atoms with Crippen molar-refractivity contribution >= 4 is 23.1 Å². The number of carbonyl (C=O) groups is 1. The van der Waals surface area contributed by atoms with Crippen LogP contribution in [0.2, 0.25) is 0 Å². The van der Waals surface area contributed by atoms with Crippen LogP contribution < -0.4 is 15.8 Å². The minimum absolute atomic E-state index is 0.0140. The number of aromatic nitrogens is 5.